The van der Waals surface area contributed by atoms with E-state index in [1.165, 1.54) is 12.0 Å². The summed E-state index contributed by atoms with van der Waals surface area (Å²) in [5.74, 6) is -0.276. The second kappa shape index (κ2) is 8.34. The van der Waals surface area contributed by atoms with E-state index in [-0.39, 0.29) is 17.2 Å². The number of carbonyl (C=O) groups excluding carboxylic acids is 2. The quantitative estimate of drug-likeness (QED) is 0.356. The Balaban J connectivity index is 1.92. The van der Waals surface area contributed by atoms with E-state index < -0.39 is 17.7 Å². The third-order valence-electron chi connectivity index (χ3n) is 5.57. The molecular formula is C25H24N2O5. The molecule has 1 aromatic heterocycles. The van der Waals surface area contributed by atoms with Crippen molar-refractivity contribution < 1.29 is 24.0 Å². The van der Waals surface area contributed by atoms with Gasteiger partial charge in [0.2, 0.25) is 0 Å². The molecule has 1 amide bonds. The number of carbonyl (C=O) groups is 2. The number of aliphatic hydroxyl groups excluding tert-OH is 1. The molecule has 164 valence electrons. The molecule has 1 saturated heterocycles. The molecule has 7 heteroatoms. The lowest BCUT2D eigenvalue weighted by Gasteiger charge is -2.23. The summed E-state index contributed by atoms with van der Waals surface area (Å²) >= 11 is 0. The summed E-state index contributed by atoms with van der Waals surface area (Å²) in [4.78, 5) is 27.5. The highest BCUT2D eigenvalue weighted by molar-refractivity contribution is 6.51. The molecule has 0 aliphatic carbocycles. The SMILES string of the molecule is COc1cccc(C(O)=C2C(=O)C(=O)N(c3cc(C)on3)[C@H]2c2ccc(C(C)C)cc2)c1. The predicted molar refractivity (Wildman–Crippen MR) is 120 cm³/mol. The second-order valence-electron chi connectivity index (χ2n) is 8.02. The summed E-state index contributed by atoms with van der Waals surface area (Å²) in [6.45, 7) is 5.87. The number of hydrogen-bond donors (Lipinski definition) is 1. The number of rotatable bonds is 5. The Bertz CT molecular complexity index is 1210. The van der Waals surface area contributed by atoms with Crippen molar-refractivity contribution in [2.45, 2.75) is 32.7 Å². The Labute approximate surface area is 185 Å². The first kappa shape index (κ1) is 21.4. The number of aromatic nitrogens is 1. The van der Waals surface area contributed by atoms with Gasteiger partial charge >= 0.3 is 5.91 Å². The zero-order chi connectivity index (χ0) is 23.0. The van der Waals surface area contributed by atoms with E-state index in [0.717, 1.165) is 5.56 Å². The number of amides is 1. The van der Waals surface area contributed by atoms with Gasteiger partial charge in [0, 0.05) is 11.6 Å². The van der Waals surface area contributed by atoms with Crippen molar-refractivity contribution in [1.82, 2.24) is 5.16 Å². The minimum Gasteiger partial charge on any atom is -0.507 e. The van der Waals surface area contributed by atoms with Crippen molar-refractivity contribution in [2.24, 2.45) is 0 Å². The standard InChI is InChI=1S/C25H24N2O5/c1-14(2)16-8-10-17(11-9-16)22-21(23(28)18-6-5-7-19(13-18)31-4)24(29)25(30)27(22)20-12-15(3)32-26-20/h5-14,22,28H,1-4H3/t22-/m0/s1. The first-order valence-corrected chi connectivity index (χ1v) is 10.3. The van der Waals surface area contributed by atoms with Crippen LogP contribution in [-0.4, -0.2) is 29.1 Å². The normalized spacial score (nSPS) is 17.9. The van der Waals surface area contributed by atoms with Gasteiger partial charge in [0.1, 0.15) is 17.3 Å². The summed E-state index contributed by atoms with van der Waals surface area (Å²) in [5.41, 5.74) is 2.16. The molecule has 0 spiro atoms. The van der Waals surface area contributed by atoms with Gasteiger partial charge in [-0.1, -0.05) is 55.4 Å². The maximum absolute atomic E-state index is 13.1. The summed E-state index contributed by atoms with van der Waals surface area (Å²) in [7, 11) is 1.52. The van der Waals surface area contributed by atoms with Crippen molar-refractivity contribution in [3.8, 4) is 5.75 Å². The fraction of sp³-hybridized carbons (Fsp3) is 0.240. The molecule has 1 fully saturated rings. The van der Waals surface area contributed by atoms with Crippen molar-refractivity contribution in [3.63, 3.8) is 0 Å². The molecule has 1 atom stereocenters. The molecular weight excluding hydrogens is 408 g/mol. The first-order valence-electron chi connectivity index (χ1n) is 10.3. The molecule has 7 nitrogen and oxygen atoms in total. The Morgan fingerprint density at radius 3 is 2.44 bits per heavy atom. The fourth-order valence-electron chi connectivity index (χ4n) is 3.84. The monoisotopic (exact) mass is 432 g/mol. The van der Waals surface area contributed by atoms with E-state index in [1.807, 2.05) is 24.3 Å². The Kier molecular flexibility index (Phi) is 5.57. The number of ketones is 1. The van der Waals surface area contributed by atoms with Crippen LogP contribution in [0.1, 0.15) is 48.3 Å². The van der Waals surface area contributed by atoms with Crippen LogP contribution in [0.15, 0.2) is 64.7 Å². The number of methoxy groups -OCH3 is 1. The van der Waals surface area contributed by atoms with Crippen LogP contribution in [0, 0.1) is 6.92 Å². The van der Waals surface area contributed by atoms with Gasteiger partial charge in [-0.05, 0) is 36.1 Å². The molecule has 0 bridgehead atoms. The van der Waals surface area contributed by atoms with Crippen LogP contribution in [0.25, 0.3) is 5.76 Å². The van der Waals surface area contributed by atoms with E-state index in [4.69, 9.17) is 9.26 Å². The van der Waals surface area contributed by atoms with E-state index in [2.05, 4.69) is 19.0 Å². The smallest absolute Gasteiger partial charge is 0.301 e. The van der Waals surface area contributed by atoms with Crippen LogP contribution in [0.3, 0.4) is 0 Å². The molecule has 1 aliphatic rings. The summed E-state index contributed by atoms with van der Waals surface area (Å²) in [5, 5.41) is 15.1. The Morgan fingerprint density at radius 1 is 1.12 bits per heavy atom. The molecule has 0 unspecified atom stereocenters. The lowest BCUT2D eigenvalue weighted by Crippen LogP contribution is -2.29. The molecule has 0 radical (unpaired) electrons. The summed E-state index contributed by atoms with van der Waals surface area (Å²) in [6, 6.07) is 15.1. The minimum atomic E-state index is -0.855. The van der Waals surface area contributed by atoms with Gasteiger partial charge in [-0.25, -0.2) is 0 Å². The lowest BCUT2D eigenvalue weighted by atomic mass is 9.93. The summed E-state index contributed by atoms with van der Waals surface area (Å²) < 4.78 is 10.4. The number of hydrogen-bond acceptors (Lipinski definition) is 6. The number of nitrogens with zero attached hydrogens (tertiary/aromatic N) is 2. The van der Waals surface area contributed by atoms with Gasteiger partial charge < -0.3 is 14.4 Å². The number of aryl methyl sites for hydroxylation is 1. The van der Waals surface area contributed by atoms with Crippen LogP contribution in [0.2, 0.25) is 0 Å². The van der Waals surface area contributed by atoms with E-state index in [1.54, 1.807) is 37.3 Å². The van der Waals surface area contributed by atoms with Crippen LogP contribution >= 0.6 is 0 Å². The highest BCUT2D eigenvalue weighted by Gasteiger charge is 2.48. The topological polar surface area (TPSA) is 92.9 Å². The zero-order valence-corrected chi connectivity index (χ0v) is 18.3. The van der Waals surface area contributed by atoms with Crippen LogP contribution in [0.4, 0.5) is 5.82 Å². The van der Waals surface area contributed by atoms with Crippen LogP contribution < -0.4 is 9.64 Å². The average Bonchev–Trinajstić information content (AvgIpc) is 3.34. The zero-order valence-electron chi connectivity index (χ0n) is 18.3. The van der Waals surface area contributed by atoms with E-state index >= 15 is 0 Å². The van der Waals surface area contributed by atoms with Crippen molar-refractivity contribution in [2.75, 3.05) is 12.0 Å². The van der Waals surface area contributed by atoms with Gasteiger partial charge in [-0.3, -0.25) is 14.5 Å². The number of ether oxygens (including phenoxy) is 1. The number of Topliss-reactive ketones (excluding diaryl/α,β-unsaturated/α-hetero) is 1. The van der Waals surface area contributed by atoms with Gasteiger partial charge in [0.25, 0.3) is 5.78 Å². The van der Waals surface area contributed by atoms with Crippen molar-refractivity contribution in [3.05, 3.63) is 82.6 Å². The third kappa shape index (κ3) is 3.66. The Morgan fingerprint density at radius 2 is 1.84 bits per heavy atom. The third-order valence-corrected chi connectivity index (χ3v) is 5.57. The van der Waals surface area contributed by atoms with Gasteiger partial charge in [-0.2, -0.15) is 0 Å². The second-order valence-corrected chi connectivity index (χ2v) is 8.02. The van der Waals surface area contributed by atoms with Crippen LogP contribution in [0.5, 0.6) is 5.75 Å². The highest BCUT2D eigenvalue weighted by Crippen LogP contribution is 2.42. The predicted octanol–water partition coefficient (Wildman–Crippen LogP) is 4.74. The molecule has 3 aromatic rings. The van der Waals surface area contributed by atoms with Crippen molar-refractivity contribution >= 4 is 23.3 Å². The number of aliphatic hydroxyl groups is 1. The molecule has 2 aromatic carbocycles. The maximum atomic E-state index is 13.1. The van der Waals surface area contributed by atoms with Crippen molar-refractivity contribution in [1.29, 1.82) is 0 Å². The lowest BCUT2D eigenvalue weighted by molar-refractivity contribution is -0.132. The van der Waals surface area contributed by atoms with Gasteiger partial charge in [0.15, 0.2) is 5.82 Å². The van der Waals surface area contributed by atoms with Gasteiger partial charge in [0.05, 0.1) is 18.7 Å². The average molecular weight is 432 g/mol. The highest BCUT2D eigenvalue weighted by atomic mass is 16.5. The number of anilines is 1. The minimum absolute atomic E-state index is 0.0128. The molecule has 2 heterocycles. The van der Waals surface area contributed by atoms with Gasteiger partial charge in [-0.15, -0.1) is 0 Å². The largest absolute Gasteiger partial charge is 0.507 e. The number of benzene rings is 2. The molecule has 1 N–H and O–H groups in total. The van der Waals surface area contributed by atoms with E-state index in [9.17, 15) is 14.7 Å². The van der Waals surface area contributed by atoms with E-state index in [0.29, 0.717) is 28.6 Å². The fourth-order valence-corrected chi connectivity index (χ4v) is 3.84. The molecule has 4 rings (SSSR count). The Hall–Kier alpha value is -3.87. The molecule has 1 aliphatic heterocycles. The van der Waals surface area contributed by atoms with Crippen LogP contribution in [-0.2, 0) is 9.59 Å². The summed E-state index contributed by atoms with van der Waals surface area (Å²) in [6.07, 6.45) is 0. The first-order chi connectivity index (χ1) is 15.3. The molecule has 0 saturated carbocycles. The maximum Gasteiger partial charge on any atom is 0.301 e. The molecule has 32 heavy (non-hydrogen) atoms.